The summed E-state index contributed by atoms with van der Waals surface area (Å²) in [6.45, 7) is 0. The van der Waals surface area contributed by atoms with Gasteiger partial charge in [0.15, 0.2) is 0 Å². The molecule has 0 fully saturated rings. The molecule has 0 aromatic carbocycles. The minimum absolute atomic E-state index is 0. The normalized spacial score (nSPS) is 11.3. The zero-order valence-corrected chi connectivity index (χ0v) is 8.82. The summed E-state index contributed by atoms with van der Waals surface area (Å²) in [6.07, 6.45) is 0. The van der Waals surface area contributed by atoms with E-state index in [4.69, 9.17) is 19.6 Å². The van der Waals surface area contributed by atoms with Gasteiger partial charge < -0.3 is 25.7 Å². The van der Waals surface area contributed by atoms with Gasteiger partial charge in [0.2, 0.25) is 0 Å². The average Bonchev–Trinajstić information content (AvgIpc) is 1.14. The first-order chi connectivity index (χ1) is 3.71. The first kappa shape index (κ1) is 17.9. The molecular weight excluding hydrogens is 284 g/mol. The van der Waals surface area contributed by atoms with Gasteiger partial charge in [0.25, 0.3) is 0 Å². The van der Waals surface area contributed by atoms with Gasteiger partial charge in [0.1, 0.15) is 0 Å². The standard InChI is InChI=1S/Mo.H3N.H4O7P2/c;;1-8(2,3)7-9(4,5)6/h;1H3;(H2,1,2,3)(H2,4,5,6). The van der Waals surface area contributed by atoms with Crippen LogP contribution in [0.5, 0.6) is 0 Å². The van der Waals surface area contributed by atoms with Crippen molar-refractivity contribution >= 4 is 15.6 Å². The van der Waals surface area contributed by atoms with Crippen molar-refractivity contribution in [3.05, 3.63) is 0 Å². The van der Waals surface area contributed by atoms with Crippen LogP contribution < -0.4 is 6.15 Å². The maximum atomic E-state index is 9.63. The molecule has 0 radical (unpaired) electrons. The van der Waals surface area contributed by atoms with Crippen LogP contribution in [0.15, 0.2) is 0 Å². The Balaban J connectivity index is -0.000000320. The fourth-order valence-corrected chi connectivity index (χ4v) is 1.25. The van der Waals surface area contributed by atoms with Gasteiger partial charge in [-0.3, -0.25) is 0 Å². The monoisotopic (exact) mass is 293 g/mol. The van der Waals surface area contributed by atoms with E-state index in [1.54, 1.807) is 0 Å². The van der Waals surface area contributed by atoms with Crippen LogP contribution in [-0.2, 0) is 34.5 Å². The summed E-state index contributed by atoms with van der Waals surface area (Å²) >= 11 is 0. The van der Waals surface area contributed by atoms with Gasteiger partial charge in [-0.25, -0.2) is 9.13 Å². The van der Waals surface area contributed by atoms with Gasteiger partial charge in [-0.05, 0) is 0 Å². The van der Waals surface area contributed by atoms with Crippen molar-refractivity contribution in [2.24, 2.45) is 0 Å². The molecule has 0 aromatic rings. The second-order valence-corrected chi connectivity index (χ2v) is 3.68. The van der Waals surface area contributed by atoms with Crippen LogP contribution in [0.3, 0.4) is 0 Å². The van der Waals surface area contributed by atoms with Crippen LogP contribution in [0, 0.1) is 0 Å². The molecule has 0 bridgehead atoms. The molecule has 0 aliphatic carbocycles. The largest absolute Gasteiger partial charge is 0.478 e. The van der Waals surface area contributed by atoms with Crippen molar-refractivity contribution in [2.75, 3.05) is 0 Å². The van der Waals surface area contributed by atoms with E-state index in [2.05, 4.69) is 4.31 Å². The fourth-order valence-electron chi connectivity index (χ4n) is 0.139. The van der Waals surface area contributed by atoms with Gasteiger partial charge >= 0.3 is 15.6 Å². The molecule has 70 valence electrons. The summed E-state index contributed by atoms with van der Waals surface area (Å²) in [6, 6.07) is 0. The van der Waals surface area contributed by atoms with Crippen molar-refractivity contribution in [3.63, 3.8) is 0 Å². The number of hydrogen-bond donors (Lipinski definition) is 5. The summed E-state index contributed by atoms with van der Waals surface area (Å²) in [4.78, 5) is 31.0. The van der Waals surface area contributed by atoms with Gasteiger partial charge in [-0.2, -0.15) is 4.31 Å². The van der Waals surface area contributed by atoms with E-state index in [0.29, 0.717) is 0 Å². The van der Waals surface area contributed by atoms with E-state index in [9.17, 15) is 9.13 Å². The first-order valence-electron chi connectivity index (χ1n) is 1.53. The minimum atomic E-state index is -5.05. The molecule has 0 saturated heterocycles. The molecule has 0 spiro atoms. The molecular formula is H7MoNO7P2. The molecule has 0 aliphatic rings. The molecule has 0 atom stereocenters. The Labute approximate surface area is 76.3 Å². The average molecular weight is 291 g/mol. The smallest absolute Gasteiger partial charge is 0.344 e. The molecule has 0 unspecified atom stereocenters. The van der Waals surface area contributed by atoms with Crippen molar-refractivity contribution in [2.45, 2.75) is 0 Å². The Hall–Kier alpha value is 0.908. The maximum Gasteiger partial charge on any atom is 0.478 e. The predicted octanol–water partition coefficient (Wildman–Crippen LogP) is -0.652. The van der Waals surface area contributed by atoms with Gasteiger partial charge in [-0.1, -0.05) is 0 Å². The summed E-state index contributed by atoms with van der Waals surface area (Å²) < 4.78 is 22.2. The fraction of sp³-hybridized carbons (Fsp3) is 0. The third-order valence-electron chi connectivity index (χ3n) is 0.213. The third-order valence-corrected chi connectivity index (χ3v) is 1.91. The molecule has 8 nitrogen and oxygen atoms in total. The number of phosphoric acid groups is 2. The molecule has 0 heterocycles. The van der Waals surface area contributed by atoms with Crippen LogP contribution >= 0.6 is 15.6 Å². The van der Waals surface area contributed by atoms with E-state index in [1.807, 2.05) is 0 Å². The van der Waals surface area contributed by atoms with Crippen LogP contribution in [0.25, 0.3) is 0 Å². The molecule has 0 aromatic heterocycles. The van der Waals surface area contributed by atoms with Crippen molar-refractivity contribution in [1.29, 1.82) is 0 Å². The summed E-state index contributed by atoms with van der Waals surface area (Å²) in [7, 11) is -10.1. The van der Waals surface area contributed by atoms with Crippen molar-refractivity contribution in [3.8, 4) is 0 Å². The van der Waals surface area contributed by atoms with Crippen molar-refractivity contribution < 1.29 is 54.1 Å². The Kier molecular flexibility index (Phi) is 8.99. The van der Waals surface area contributed by atoms with E-state index in [0.717, 1.165) is 0 Å². The SMILES string of the molecule is N.O=P(O)(O)OP(=O)(O)O.[Mo]. The number of hydrogen-bond acceptors (Lipinski definition) is 4. The summed E-state index contributed by atoms with van der Waals surface area (Å²) in [5, 5.41) is 0. The topological polar surface area (TPSA) is 159 Å². The van der Waals surface area contributed by atoms with Gasteiger partial charge in [0, 0.05) is 21.1 Å². The number of rotatable bonds is 2. The molecule has 7 N–H and O–H groups in total. The molecule has 11 heteroatoms. The molecule has 0 saturated carbocycles. The van der Waals surface area contributed by atoms with Crippen LogP contribution in [0.4, 0.5) is 0 Å². The third kappa shape index (κ3) is 18.1. The Morgan fingerprint density at radius 1 is 0.909 bits per heavy atom. The van der Waals surface area contributed by atoms with E-state index >= 15 is 0 Å². The zero-order valence-electron chi connectivity index (χ0n) is 5.02. The molecule has 0 rings (SSSR count). The summed E-state index contributed by atoms with van der Waals surface area (Å²) in [5.41, 5.74) is 0. The maximum absolute atomic E-state index is 9.63. The van der Waals surface area contributed by atoms with Crippen LogP contribution in [0.2, 0.25) is 0 Å². The van der Waals surface area contributed by atoms with E-state index in [1.165, 1.54) is 0 Å². The molecule has 11 heavy (non-hydrogen) atoms. The molecule has 0 amide bonds. The first-order valence-corrected chi connectivity index (χ1v) is 4.59. The Morgan fingerprint density at radius 3 is 1.09 bits per heavy atom. The van der Waals surface area contributed by atoms with Crippen LogP contribution in [-0.4, -0.2) is 19.6 Å². The minimum Gasteiger partial charge on any atom is -0.344 e. The van der Waals surface area contributed by atoms with Crippen molar-refractivity contribution in [1.82, 2.24) is 6.15 Å². The van der Waals surface area contributed by atoms with E-state index in [-0.39, 0.29) is 27.2 Å². The zero-order chi connectivity index (χ0) is 7.71. The predicted molar refractivity (Wildman–Crippen MR) is 30.2 cm³/mol. The Morgan fingerprint density at radius 2 is 1.09 bits per heavy atom. The quantitative estimate of drug-likeness (QED) is 0.331. The summed E-state index contributed by atoms with van der Waals surface area (Å²) in [5.74, 6) is 0. The van der Waals surface area contributed by atoms with E-state index < -0.39 is 15.6 Å². The Bertz CT molecular complexity index is 157. The second kappa shape index (κ2) is 5.54. The van der Waals surface area contributed by atoms with Crippen LogP contribution in [0.1, 0.15) is 0 Å². The van der Waals surface area contributed by atoms with Gasteiger partial charge in [0.05, 0.1) is 0 Å². The molecule has 0 aliphatic heterocycles. The second-order valence-electron chi connectivity index (χ2n) is 1.06. The van der Waals surface area contributed by atoms with Gasteiger partial charge in [-0.15, -0.1) is 0 Å².